The van der Waals surface area contributed by atoms with Crippen LogP contribution in [0.4, 0.5) is 5.95 Å². The number of hydrogen-bond donors (Lipinski definition) is 5. The molecular weight excluding hydrogens is 391 g/mol. The Morgan fingerprint density at radius 2 is 2.04 bits per heavy atom. The summed E-state index contributed by atoms with van der Waals surface area (Å²) in [6, 6.07) is 9.06. The van der Waals surface area contributed by atoms with Gasteiger partial charge in [-0.1, -0.05) is 30.3 Å². The first-order valence-corrected chi connectivity index (χ1v) is 9.77. The summed E-state index contributed by atoms with van der Waals surface area (Å²) < 4.78 is 22.6. The van der Waals surface area contributed by atoms with Crippen LogP contribution in [0.2, 0.25) is 0 Å². The second-order valence-corrected chi connectivity index (χ2v) is 7.51. The van der Waals surface area contributed by atoms with E-state index in [1.807, 2.05) is 18.2 Å². The number of fused-ring (bicyclic) bond motifs is 1. The van der Waals surface area contributed by atoms with Crippen molar-refractivity contribution in [2.45, 2.75) is 18.4 Å². The zero-order valence-electron chi connectivity index (χ0n) is 14.3. The van der Waals surface area contributed by atoms with Gasteiger partial charge >= 0.3 is 7.82 Å². The highest BCUT2D eigenvalue weighted by atomic mass is 31.2. The Bertz CT molecular complexity index is 1120. The van der Waals surface area contributed by atoms with Crippen molar-refractivity contribution in [3.8, 4) is 11.1 Å². The lowest BCUT2D eigenvalue weighted by atomic mass is 10.1. The minimum atomic E-state index is -4.82. The molecule has 0 unspecified atom stereocenters. The van der Waals surface area contributed by atoms with Crippen LogP contribution < -0.4 is 11.3 Å². The highest BCUT2D eigenvalue weighted by Crippen LogP contribution is 2.42. The van der Waals surface area contributed by atoms with Gasteiger partial charge in [0.2, 0.25) is 5.95 Å². The van der Waals surface area contributed by atoms with Gasteiger partial charge in [0, 0.05) is 11.8 Å². The van der Waals surface area contributed by atoms with E-state index in [0.717, 1.165) is 5.56 Å². The first-order valence-electron chi connectivity index (χ1n) is 8.24. The second kappa shape index (κ2) is 6.82. The lowest BCUT2D eigenvalue weighted by Crippen LogP contribution is -2.30. The van der Waals surface area contributed by atoms with E-state index in [4.69, 9.17) is 20.3 Å². The Kier molecular flexibility index (Phi) is 4.58. The van der Waals surface area contributed by atoms with Crippen LogP contribution in [0.3, 0.4) is 0 Å². The van der Waals surface area contributed by atoms with Crippen molar-refractivity contribution in [3.63, 3.8) is 0 Å². The molecule has 1 aromatic carbocycles. The molecule has 0 bridgehead atoms. The molecule has 4 rings (SSSR count). The number of nitrogens with two attached hydrogens (primary N) is 1. The molecule has 0 radical (unpaired) electrons. The Labute approximate surface area is 157 Å². The van der Waals surface area contributed by atoms with Crippen molar-refractivity contribution in [1.29, 1.82) is 0 Å². The predicted octanol–water partition coefficient (Wildman–Crippen LogP) is 0.341. The van der Waals surface area contributed by atoms with Gasteiger partial charge in [-0.3, -0.25) is 14.3 Å². The van der Waals surface area contributed by atoms with Gasteiger partial charge in [-0.25, -0.2) is 4.57 Å². The molecule has 1 aliphatic rings. The zero-order valence-corrected chi connectivity index (χ0v) is 15.2. The summed E-state index contributed by atoms with van der Waals surface area (Å²) in [4.78, 5) is 37.1. The third kappa shape index (κ3) is 3.35. The summed E-state index contributed by atoms with van der Waals surface area (Å²) in [5, 5.41) is 10.7. The van der Waals surface area contributed by atoms with E-state index in [1.165, 1.54) is 4.57 Å². The molecular formula is C16H17N4O7P. The maximum Gasteiger partial charge on any atom is 0.470 e. The summed E-state index contributed by atoms with van der Waals surface area (Å²) in [5.74, 6) is -0.119. The van der Waals surface area contributed by atoms with Crippen LogP contribution in [0.15, 0.2) is 41.3 Å². The van der Waals surface area contributed by atoms with E-state index in [9.17, 15) is 14.5 Å². The Hall–Kier alpha value is -2.53. The molecule has 0 aliphatic carbocycles. The highest BCUT2D eigenvalue weighted by molar-refractivity contribution is 7.46. The zero-order chi connectivity index (χ0) is 20.1. The van der Waals surface area contributed by atoms with Gasteiger partial charge in [0.15, 0.2) is 11.9 Å². The molecule has 0 amide bonds. The molecule has 0 spiro atoms. The summed E-state index contributed by atoms with van der Waals surface area (Å²) in [6.45, 7) is -0.254. The van der Waals surface area contributed by atoms with Crippen molar-refractivity contribution >= 4 is 24.8 Å². The molecule has 1 fully saturated rings. The first kappa shape index (κ1) is 18.8. The number of benzene rings is 1. The topological polar surface area (TPSA) is 173 Å². The lowest BCUT2D eigenvalue weighted by molar-refractivity contribution is -0.0158. The lowest BCUT2D eigenvalue weighted by Gasteiger charge is -2.19. The minimum Gasteiger partial charge on any atom is -0.386 e. The maximum atomic E-state index is 12.5. The fourth-order valence-corrected chi connectivity index (χ4v) is 3.83. The van der Waals surface area contributed by atoms with Crippen LogP contribution in [0.1, 0.15) is 6.23 Å². The number of nitrogens with zero attached hydrogens (tertiary/aromatic N) is 2. The molecule has 3 heterocycles. The number of phosphoric acid groups is 1. The molecule has 11 nitrogen and oxygen atoms in total. The molecule has 1 aliphatic heterocycles. The van der Waals surface area contributed by atoms with Crippen LogP contribution >= 0.6 is 7.82 Å². The molecule has 28 heavy (non-hydrogen) atoms. The second-order valence-electron chi connectivity index (χ2n) is 6.31. The molecule has 148 valence electrons. The number of aromatic amines is 1. The maximum absolute atomic E-state index is 12.5. The van der Waals surface area contributed by atoms with Crippen LogP contribution in [-0.4, -0.2) is 48.2 Å². The predicted molar refractivity (Wildman–Crippen MR) is 98.1 cm³/mol. The van der Waals surface area contributed by atoms with E-state index < -0.39 is 31.8 Å². The number of aromatic nitrogens is 3. The summed E-state index contributed by atoms with van der Waals surface area (Å²) in [5.41, 5.74) is 6.66. The van der Waals surface area contributed by atoms with Crippen molar-refractivity contribution in [2.24, 2.45) is 0 Å². The SMILES string of the molecule is Nc1nc2c(c(-c3ccccc3)cn2[C@@H]2OC[C@H](OP(=O)(O)O)[C@H]2O)c(=O)[nH]1. The fourth-order valence-electron chi connectivity index (χ4n) is 3.29. The first-order chi connectivity index (χ1) is 13.2. The van der Waals surface area contributed by atoms with Gasteiger partial charge in [-0.05, 0) is 5.56 Å². The number of aliphatic hydroxyl groups is 1. The summed E-state index contributed by atoms with van der Waals surface area (Å²) in [6.07, 6.45) is -2.16. The monoisotopic (exact) mass is 408 g/mol. The van der Waals surface area contributed by atoms with Gasteiger partial charge in [-0.2, -0.15) is 4.98 Å². The molecule has 3 aromatic rings. The van der Waals surface area contributed by atoms with Crippen LogP contribution in [-0.2, 0) is 13.8 Å². The van der Waals surface area contributed by atoms with Crippen LogP contribution in [0.25, 0.3) is 22.2 Å². The molecule has 6 N–H and O–H groups in total. The number of hydrogen-bond acceptors (Lipinski definition) is 7. The summed E-state index contributed by atoms with van der Waals surface area (Å²) in [7, 11) is -4.82. The van der Waals surface area contributed by atoms with E-state index in [2.05, 4.69) is 14.5 Å². The minimum absolute atomic E-state index is 0.119. The smallest absolute Gasteiger partial charge is 0.386 e. The normalized spacial score (nSPS) is 22.8. The Balaban J connectivity index is 1.84. The fraction of sp³-hybridized carbons (Fsp3) is 0.250. The number of nitrogen functional groups attached to an aromatic ring is 1. The highest BCUT2D eigenvalue weighted by Gasteiger charge is 2.42. The molecule has 12 heteroatoms. The standard InChI is InChI=1S/C16H17N4O7P/c17-16-18-13-11(14(22)19-16)9(8-4-2-1-3-5-8)6-20(13)15-12(21)10(7-26-15)27-28(23,24)25/h1-6,10,12,15,21H,7H2,(H2,23,24,25)(H3,17,18,19,22)/t10-,12+,15+/m0/s1. The Morgan fingerprint density at radius 1 is 1.32 bits per heavy atom. The molecule has 0 saturated carbocycles. The van der Waals surface area contributed by atoms with E-state index >= 15 is 0 Å². The largest absolute Gasteiger partial charge is 0.470 e. The average molecular weight is 408 g/mol. The van der Waals surface area contributed by atoms with Crippen LogP contribution in [0, 0.1) is 0 Å². The molecule has 2 aromatic heterocycles. The van der Waals surface area contributed by atoms with Gasteiger partial charge in [-0.15, -0.1) is 0 Å². The third-order valence-corrected chi connectivity index (χ3v) is 4.98. The number of ether oxygens (including phenoxy) is 1. The van der Waals surface area contributed by atoms with Gasteiger partial charge in [0.25, 0.3) is 5.56 Å². The van der Waals surface area contributed by atoms with Gasteiger partial charge in [0.05, 0.1) is 12.0 Å². The van der Waals surface area contributed by atoms with E-state index in [-0.39, 0.29) is 23.6 Å². The van der Waals surface area contributed by atoms with E-state index in [0.29, 0.717) is 5.56 Å². The third-order valence-electron chi connectivity index (χ3n) is 4.44. The number of nitrogens with one attached hydrogen (secondary N) is 1. The number of anilines is 1. The average Bonchev–Trinajstić information content (AvgIpc) is 3.16. The van der Waals surface area contributed by atoms with E-state index in [1.54, 1.807) is 18.3 Å². The molecule has 1 saturated heterocycles. The van der Waals surface area contributed by atoms with Gasteiger partial charge < -0.3 is 29.9 Å². The van der Waals surface area contributed by atoms with Crippen molar-refractivity contribution in [1.82, 2.24) is 14.5 Å². The number of phosphoric ester groups is 1. The van der Waals surface area contributed by atoms with Crippen LogP contribution in [0.5, 0.6) is 0 Å². The summed E-state index contributed by atoms with van der Waals surface area (Å²) >= 11 is 0. The quantitative estimate of drug-likeness (QED) is 0.382. The molecule has 3 atom stereocenters. The van der Waals surface area contributed by atoms with Gasteiger partial charge in [0.1, 0.15) is 12.2 Å². The van der Waals surface area contributed by atoms with Crippen molar-refractivity contribution in [3.05, 3.63) is 46.9 Å². The van der Waals surface area contributed by atoms with Crippen molar-refractivity contribution < 1.29 is 28.7 Å². The number of H-pyrrole nitrogens is 1. The Morgan fingerprint density at radius 3 is 2.71 bits per heavy atom. The number of rotatable bonds is 4. The van der Waals surface area contributed by atoms with Crippen molar-refractivity contribution in [2.75, 3.05) is 12.3 Å². The number of aliphatic hydroxyl groups excluding tert-OH is 1.